The maximum absolute atomic E-state index is 12.9. The highest BCUT2D eigenvalue weighted by molar-refractivity contribution is 7.09. The second-order valence-electron chi connectivity index (χ2n) is 6.49. The van der Waals surface area contributed by atoms with Crippen LogP contribution in [0, 0.1) is 5.92 Å². The van der Waals surface area contributed by atoms with Crippen LogP contribution in [-0.4, -0.2) is 33.7 Å². The number of amides is 1. The zero-order valence-corrected chi connectivity index (χ0v) is 19.0. The lowest BCUT2D eigenvalue weighted by atomic mass is 10.0. The van der Waals surface area contributed by atoms with Gasteiger partial charge < -0.3 is 9.64 Å². The summed E-state index contributed by atoms with van der Waals surface area (Å²) in [6.07, 6.45) is 4.21. The summed E-state index contributed by atoms with van der Waals surface area (Å²) in [4.78, 5) is 19.0. The molecule has 0 N–H and O–H groups in total. The molecule has 0 radical (unpaired) electrons. The summed E-state index contributed by atoms with van der Waals surface area (Å²) in [6, 6.07) is 9.83. The molecule has 0 aliphatic rings. The van der Waals surface area contributed by atoms with Crippen LogP contribution in [0.2, 0.25) is 0 Å². The number of ether oxygens (including phenoxy) is 1. The van der Waals surface area contributed by atoms with Gasteiger partial charge >= 0.3 is 0 Å². The molecule has 1 aromatic heterocycles. The molecule has 1 amide bonds. The van der Waals surface area contributed by atoms with Crippen molar-refractivity contribution in [1.29, 1.82) is 0 Å². The summed E-state index contributed by atoms with van der Waals surface area (Å²) < 4.78 is 3.92. The van der Waals surface area contributed by atoms with Crippen molar-refractivity contribution in [2.45, 2.75) is 29.6 Å². The molecule has 0 saturated heterocycles. The number of hydrogen-bond acceptors (Lipinski definition) is 4. The monoisotopic (exact) mass is 460 g/mol. The van der Waals surface area contributed by atoms with Crippen LogP contribution < -0.4 is 0 Å². The van der Waals surface area contributed by atoms with E-state index in [9.17, 15) is 4.79 Å². The topological polar surface area (TPSA) is 42.4 Å². The standard InChI is InChI=1S/C20H23Cl3N2O2S/c1-14(20(21,22)23)11-16(27-3)13-18(26)25(2)17(19-24-9-10-28-19)12-15-7-5-4-6-8-15/h4-10,13-14,17H,11-12H2,1-3H3/t14-,17-/m0/s1. The Balaban J connectivity index is 2.20. The molecule has 2 aromatic rings. The minimum Gasteiger partial charge on any atom is -0.501 e. The summed E-state index contributed by atoms with van der Waals surface area (Å²) in [5.74, 6) is -0.0290. The van der Waals surface area contributed by atoms with Gasteiger partial charge in [0.1, 0.15) is 10.8 Å². The van der Waals surface area contributed by atoms with Crippen LogP contribution in [0.15, 0.2) is 53.7 Å². The molecule has 0 aliphatic heterocycles. The van der Waals surface area contributed by atoms with Gasteiger partial charge in [0.25, 0.3) is 0 Å². The molecular formula is C20H23Cl3N2O2S. The van der Waals surface area contributed by atoms with Crippen molar-refractivity contribution in [2.24, 2.45) is 5.92 Å². The van der Waals surface area contributed by atoms with Crippen LogP contribution in [0.4, 0.5) is 0 Å². The van der Waals surface area contributed by atoms with E-state index in [1.165, 1.54) is 24.5 Å². The lowest BCUT2D eigenvalue weighted by molar-refractivity contribution is -0.127. The van der Waals surface area contributed by atoms with Crippen molar-refractivity contribution in [1.82, 2.24) is 9.88 Å². The number of benzene rings is 1. The number of rotatable bonds is 8. The predicted molar refractivity (Wildman–Crippen MR) is 117 cm³/mol. The number of likely N-dealkylation sites (N-methyl/N-ethyl adjacent to an activating group) is 1. The third kappa shape index (κ3) is 6.66. The Hall–Kier alpha value is -1.27. The number of thiazole rings is 1. The number of aromatic nitrogens is 1. The number of alkyl halides is 3. The van der Waals surface area contributed by atoms with Gasteiger partial charge in [-0.25, -0.2) is 4.98 Å². The number of allylic oxidation sites excluding steroid dienone is 1. The van der Waals surface area contributed by atoms with E-state index in [0.29, 0.717) is 18.6 Å². The number of hydrogen-bond donors (Lipinski definition) is 0. The number of carbonyl (C=O) groups is 1. The van der Waals surface area contributed by atoms with E-state index in [0.717, 1.165) is 10.6 Å². The van der Waals surface area contributed by atoms with E-state index in [-0.39, 0.29) is 17.9 Å². The third-order valence-corrected chi connectivity index (χ3v) is 6.43. The van der Waals surface area contributed by atoms with E-state index in [1.807, 2.05) is 35.7 Å². The smallest absolute Gasteiger partial charge is 0.250 e. The zero-order valence-electron chi connectivity index (χ0n) is 15.9. The molecule has 152 valence electrons. The van der Waals surface area contributed by atoms with Gasteiger partial charge in [-0.15, -0.1) is 11.3 Å². The van der Waals surface area contributed by atoms with Crippen LogP contribution in [0.5, 0.6) is 0 Å². The molecule has 0 bridgehead atoms. The molecule has 1 aromatic carbocycles. The quantitative estimate of drug-likeness (QED) is 0.283. The average molecular weight is 462 g/mol. The second-order valence-corrected chi connectivity index (χ2v) is 9.78. The Morgan fingerprint density at radius 3 is 2.54 bits per heavy atom. The van der Waals surface area contributed by atoms with Gasteiger partial charge in [-0.1, -0.05) is 72.1 Å². The highest BCUT2D eigenvalue weighted by Crippen LogP contribution is 2.38. The fourth-order valence-electron chi connectivity index (χ4n) is 2.64. The average Bonchev–Trinajstić information content (AvgIpc) is 3.19. The van der Waals surface area contributed by atoms with Crippen molar-refractivity contribution in [3.63, 3.8) is 0 Å². The Morgan fingerprint density at radius 2 is 2.00 bits per heavy atom. The maximum atomic E-state index is 12.9. The lowest BCUT2D eigenvalue weighted by Gasteiger charge is -2.26. The Bertz CT molecular complexity index is 777. The minimum absolute atomic E-state index is 0.185. The molecular weight excluding hydrogens is 439 g/mol. The largest absolute Gasteiger partial charge is 0.501 e. The van der Waals surface area contributed by atoms with Crippen molar-refractivity contribution < 1.29 is 9.53 Å². The highest BCUT2D eigenvalue weighted by atomic mass is 35.6. The van der Waals surface area contributed by atoms with E-state index in [2.05, 4.69) is 4.98 Å². The number of nitrogens with zero attached hydrogens (tertiary/aromatic N) is 2. The van der Waals surface area contributed by atoms with E-state index >= 15 is 0 Å². The molecule has 0 fully saturated rings. The van der Waals surface area contributed by atoms with Crippen LogP contribution in [-0.2, 0) is 16.0 Å². The molecule has 0 saturated carbocycles. The van der Waals surface area contributed by atoms with Crippen LogP contribution in [0.3, 0.4) is 0 Å². The molecule has 8 heteroatoms. The van der Waals surface area contributed by atoms with Crippen molar-refractivity contribution >= 4 is 52.0 Å². The Morgan fingerprint density at radius 1 is 1.32 bits per heavy atom. The molecule has 1 heterocycles. The van der Waals surface area contributed by atoms with Gasteiger partial charge in [0.05, 0.1) is 13.2 Å². The van der Waals surface area contributed by atoms with Gasteiger partial charge in [0.15, 0.2) is 3.79 Å². The van der Waals surface area contributed by atoms with Crippen molar-refractivity contribution in [3.8, 4) is 0 Å². The normalized spacial score (nSPS) is 14.4. The van der Waals surface area contributed by atoms with Gasteiger partial charge in [-0.2, -0.15) is 0 Å². The lowest BCUT2D eigenvalue weighted by Crippen LogP contribution is -2.31. The Labute approximate surface area is 185 Å². The van der Waals surface area contributed by atoms with E-state index in [1.54, 1.807) is 25.1 Å². The minimum atomic E-state index is -1.43. The van der Waals surface area contributed by atoms with Gasteiger partial charge in [-0.3, -0.25) is 4.79 Å². The van der Waals surface area contributed by atoms with Crippen molar-refractivity contribution in [3.05, 3.63) is 64.3 Å². The first-order valence-electron chi connectivity index (χ1n) is 8.73. The van der Waals surface area contributed by atoms with Gasteiger partial charge in [0, 0.05) is 37.0 Å². The molecule has 0 unspecified atom stereocenters. The van der Waals surface area contributed by atoms with E-state index in [4.69, 9.17) is 39.5 Å². The molecule has 4 nitrogen and oxygen atoms in total. The summed E-state index contributed by atoms with van der Waals surface area (Å²) >= 11 is 19.3. The fraction of sp³-hybridized carbons (Fsp3) is 0.400. The summed E-state index contributed by atoms with van der Waals surface area (Å²) in [7, 11) is 3.27. The first-order chi connectivity index (χ1) is 13.2. The Kier molecular flexibility index (Phi) is 8.62. The van der Waals surface area contributed by atoms with Gasteiger partial charge in [0.2, 0.25) is 5.91 Å². The number of carbonyl (C=O) groups excluding carboxylic acids is 1. The zero-order chi connectivity index (χ0) is 20.7. The fourth-order valence-corrected chi connectivity index (χ4v) is 3.65. The second kappa shape index (κ2) is 10.5. The molecule has 0 spiro atoms. The maximum Gasteiger partial charge on any atom is 0.250 e. The molecule has 2 atom stereocenters. The molecule has 0 aliphatic carbocycles. The predicted octanol–water partition coefficient (Wildman–Crippen LogP) is 5.81. The number of halogens is 3. The summed E-state index contributed by atoms with van der Waals surface area (Å²) in [6.45, 7) is 1.79. The first-order valence-corrected chi connectivity index (χ1v) is 10.7. The van der Waals surface area contributed by atoms with Gasteiger partial charge in [-0.05, 0) is 12.0 Å². The number of methoxy groups -OCH3 is 1. The van der Waals surface area contributed by atoms with Crippen molar-refractivity contribution in [2.75, 3.05) is 14.2 Å². The van der Waals surface area contributed by atoms with Crippen LogP contribution >= 0.6 is 46.1 Å². The summed E-state index contributed by atoms with van der Waals surface area (Å²) in [5, 5.41) is 2.78. The summed E-state index contributed by atoms with van der Waals surface area (Å²) in [5.41, 5.74) is 1.13. The van der Waals surface area contributed by atoms with E-state index < -0.39 is 3.79 Å². The molecule has 28 heavy (non-hydrogen) atoms. The SMILES string of the molecule is COC(=CC(=O)N(C)[C@@H](Cc1ccccc1)c1nccs1)C[C@H](C)C(Cl)(Cl)Cl. The molecule has 2 rings (SSSR count). The first kappa shape index (κ1) is 23.0. The highest BCUT2D eigenvalue weighted by Gasteiger charge is 2.30. The van der Waals surface area contributed by atoms with Crippen LogP contribution in [0.1, 0.15) is 30.0 Å². The third-order valence-electron chi connectivity index (χ3n) is 4.44. The van der Waals surface area contributed by atoms with Crippen LogP contribution in [0.25, 0.3) is 0 Å².